The Morgan fingerprint density at radius 3 is 0.876 bits per heavy atom. The quantitative estimate of drug-likeness (QED) is 0.0302. The minimum absolute atomic E-state index is 0.0741. The predicted octanol–water partition coefficient (Wildman–Crippen LogP) is 14.9. The number of carbonyl (C=O) groups is 6. The summed E-state index contributed by atoms with van der Waals surface area (Å²) in [7, 11) is -4.67. The number of aromatic carboxylic acids is 1. The number of hydrogen-bond acceptors (Lipinski definition) is 14. The monoisotopic (exact) mass is 1320 g/mol. The smallest absolute Gasteiger partial charge is 0.394 e. The van der Waals surface area contributed by atoms with Gasteiger partial charge in [-0.1, -0.05) is 64.6 Å². The summed E-state index contributed by atoms with van der Waals surface area (Å²) in [6.45, 7) is 13.2. The first-order chi connectivity index (χ1) is 41.5. The summed E-state index contributed by atoms with van der Waals surface area (Å²) >= 11 is 22.9. The van der Waals surface area contributed by atoms with Gasteiger partial charge in [0, 0.05) is 59.6 Å². The number of benzene rings is 8. The molecule has 0 aliphatic carbocycles. The highest BCUT2D eigenvalue weighted by Gasteiger charge is 2.33. The molecule has 0 fully saturated rings. The molecule has 0 aliphatic rings. The molecule has 0 aliphatic heterocycles. The molecule has 0 heterocycles. The van der Waals surface area contributed by atoms with Crippen molar-refractivity contribution in [2.24, 2.45) is 0 Å². The first-order valence-corrected chi connectivity index (χ1v) is 29.2. The standard InChI is InChI=1S/C20H21ClO4.C17H15ClO4.C13H9ClO2.C7H6O3.C6H5Cl.C3H8O.H2O4S/c1-13(2)24-19(23)20(3,4)25-17-11-7-15(8-12-17)18(22)14-5-9-16(21)10-6-14;1-17(2,16(20)21)22-14-9-5-12(6-10-14)15(19)11-3-7-13(18)8-4-11;14-11-5-1-9(2-6-11)13(16)10-3-7-12(15)8-4-10;8-6-3-1-5(2-4-6)7(9)10;7-6-4-2-1-3-5-6;1-3(2)4;1-5(2,3)4/h5-13H,1-4H3;3-10H,1-2H3,(H,20,21);1-8,15H;1-4,8H,(H,9,10);1-5H;3-4H,1-2H3;(H2,1,2,3,4). The lowest BCUT2D eigenvalue weighted by atomic mass is 10.0. The highest BCUT2D eigenvalue weighted by molar-refractivity contribution is 7.79. The minimum Gasteiger partial charge on any atom is -0.508 e. The van der Waals surface area contributed by atoms with E-state index in [1.54, 1.807) is 175 Å². The fraction of sp³-hybridized carbons (Fsp3) is 0.182. The number of carboxylic acid groups (broad SMARTS) is 2. The lowest BCUT2D eigenvalue weighted by Gasteiger charge is -2.25. The molecule has 18 nitrogen and oxygen atoms in total. The molecular weight excluding hydrogens is 1250 g/mol. The van der Waals surface area contributed by atoms with E-state index in [0.717, 1.165) is 5.02 Å². The van der Waals surface area contributed by atoms with Crippen LogP contribution in [0.3, 0.4) is 0 Å². The minimum atomic E-state index is -4.67. The molecule has 0 saturated heterocycles. The van der Waals surface area contributed by atoms with Crippen LogP contribution in [0.5, 0.6) is 23.0 Å². The maximum absolute atomic E-state index is 12.4. The third-order valence-corrected chi connectivity index (χ3v) is 11.6. The fourth-order valence-corrected chi connectivity index (χ4v) is 6.84. The lowest BCUT2D eigenvalue weighted by molar-refractivity contribution is -0.163. The van der Waals surface area contributed by atoms with Crippen molar-refractivity contribution in [1.82, 2.24) is 0 Å². The van der Waals surface area contributed by atoms with Crippen molar-refractivity contribution >= 4 is 92.1 Å². The molecule has 0 bridgehead atoms. The van der Waals surface area contributed by atoms with Crippen molar-refractivity contribution < 1.29 is 86.0 Å². The number of aromatic hydroxyl groups is 2. The molecule has 0 spiro atoms. The van der Waals surface area contributed by atoms with Gasteiger partial charge in [0.1, 0.15) is 23.0 Å². The SMILES string of the molecule is CC(C)(Oc1ccc(C(=O)c2ccc(Cl)cc2)cc1)C(=O)O.CC(C)O.CC(C)OC(=O)C(C)(C)Oc1ccc(C(=O)c2ccc(Cl)cc2)cc1.Clc1ccccc1.O=C(O)c1ccc(O)cc1.O=C(c1ccc(O)cc1)c1ccc(Cl)cc1.O=S(=O)(O)O. The molecule has 0 aromatic heterocycles. The molecule has 8 aromatic rings. The van der Waals surface area contributed by atoms with Crippen LogP contribution in [0, 0.1) is 0 Å². The highest BCUT2D eigenvalue weighted by atomic mass is 35.5. The molecular formula is C66H66Cl4O18S. The predicted molar refractivity (Wildman–Crippen MR) is 342 cm³/mol. The topological polar surface area (TPSA) is 306 Å². The van der Waals surface area contributed by atoms with Crippen LogP contribution in [0.4, 0.5) is 0 Å². The van der Waals surface area contributed by atoms with Gasteiger partial charge in [-0.15, -0.1) is 0 Å². The van der Waals surface area contributed by atoms with E-state index >= 15 is 0 Å². The summed E-state index contributed by atoms with van der Waals surface area (Å²) in [6, 6.07) is 54.0. The zero-order chi connectivity index (χ0) is 67.2. The number of esters is 1. The second-order valence-corrected chi connectivity index (χ2v) is 22.4. The van der Waals surface area contributed by atoms with Crippen LogP contribution in [0.15, 0.2) is 200 Å². The van der Waals surface area contributed by atoms with E-state index in [1.807, 2.05) is 30.3 Å². The first kappa shape index (κ1) is 76.5. The molecule has 89 heavy (non-hydrogen) atoms. The van der Waals surface area contributed by atoms with Crippen LogP contribution in [0.2, 0.25) is 20.1 Å². The van der Waals surface area contributed by atoms with Crippen molar-refractivity contribution in [3.63, 3.8) is 0 Å². The summed E-state index contributed by atoms with van der Waals surface area (Å²) in [5, 5.41) is 45.9. The third kappa shape index (κ3) is 31.2. The Morgan fingerprint density at radius 2 is 0.640 bits per heavy atom. The summed E-state index contributed by atoms with van der Waals surface area (Å²) in [5.74, 6) is -1.73. The summed E-state index contributed by atoms with van der Waals surface area (Å²) in [4.78, 5) is 70.0. The van der Waals surface area contributed by atoms with Gasteiger partial charge in [0.05, 0.1) is 11.7 Å². The van der Waals surface area contributed by atoms with E-state index in [-0.39, 0.29) is 46.6 Å². The van der Waals surface area contributed by atoms with E-state index in [1.165, 1.54) is 50.2 Å². The van der Waals surface area contributed by atoms with E-state index in [2.05, 4.69) is 0 Å². The fourth-order valence-electron chi connectivity index (χ4n) is 6.31. The van der Waals surface area contributed by atoms with Gasteiger partial charge in [0.25, 0.3) is 0 Å². The lowest BCUT2D eigenvalue weighted by Crippen LogP contribution is -2.40. The maximum atomic E-state index is 12.4. The molecule has 0 amide bonds. The van der Waals surface area contributed by atoms with Crippen molar-refractivity contribution in [1.29, 1.82) is 0 Å². The van der Waals surface area contributed by atoms with Crippen molar-refractivity contribution in [3.05, 3.63) is 259 Å². The summed E-state index contributed by atoms with van der Waals surface area (Å²) in [6.07, 6.45) is -0.380. The number of ketones is 3. The molecule has 7 N–H and O–H groups in total. The second kappa shape index (κ2) is 37.3. The van der Waals surface area contributed by atoms with Crippen molar-refractivity contribution in [3.8, 4) is 23.0 Å². The van der Waals surface area contributed by atoms with Gasteiger partial charge in [0.15, 0.2) is 28.6 Å². The molecule has 23 heteroatoms. The number of aliphatic carboxylic acids is 1. The van der Waals surface area contributed by atoms with E-state index < -0.39 is 39.5 Å². The molecule has 0 saturated carbocycles. The number of carbonyl (C=O) groups excluding carboxylic acids is 4. The second-order valence-electron chi connectivity index (χ2n) is 19.8. The van der Waals surface area contributed by atoms with Crippen LogP contribution in [-0.4, -0.2) is 102 Å². The number of aliphatic hydroxyl groups excluding tert-OH is 1. The van der Waals surface area contributed by atoms with Gasteiger partial charge in [0.2, 0.25) is 0 Å². The Kier molecular flexibility index (Phi) is 32.0. The van der Waals surface area contributed by atoms with Crippen LogP contribution in [0.1, 0.15) is 114 Å². The third-order valence-electron chi connectivity index (χ3n) is 10.6. The average Bonchev–Trinajstić information content (AvgIpc) is 2.16. The Balaban J connectivity index is 0.000000383. The zero-order valence-electron chi connectivity index (χ0n) is 49.2. The molecule has 8 rings (SSSR count). The van der Waals surface area contributed by atoms with Gasteiger partial charge >= 0.3 is 28.3 Å². The summed E-state index contributed by atoms with van der Waals surface area (Å²) < 4.78 is 47.9. The number of phenolic OH excluding ortho intramolecular Hbond substituents is 2. The number of ether oxygens (including phenoxy) is 3. The van der Waals surface area contributed by atoms with Crippen LogP contribution in [0.25, 0.3) is 0 Å². The average molecular weight is 1320 g/mol. The Hall–Kier alpha value is -8.63. The van der Waals surface area contributed by atoms with E-state index in [4.69, 9.17) is 104 Å². The maximum Gasteiger partial charge on any atom is 0.394 e. The molecule has 8 aromatic carbocycles. The van der Waals surface area contributed by atoms with E-state index in [0.29, 0.717) is 59.9 Å². The Labute approximate surface area is 536 Å². The zero-order valence-corrected chi connectivity index (χ0v) is 53.1. The number of halogens is 4. The van der Waals surface area contributed by atoms with Gasteiger partial charge < -0.3 is 39.7 Å². The van der Waals surface area contributed by atoms with Crippen LogP contribution >= 0.6 is 46.4 Å². The summed E-state index contributed by atoms with van der Waals surface area (Å²) in [5.41, 5.74) is 0.948. The number of rotatable bonds is 14. The number of phenols is 2. The molecule has 0 unspecified atom stereocenters. The Morgan fingerprint density at radius 1 is 0.404 bits per heavy atom. The van der Waals surface area contributed by atoms with Crippen molar-refractivity contribution in [2.75, 3.05) is 0 Å². The van der Waals surface area contributed by atoms with Gasteiger partial charge in [-0.25, -0.2) is 14.4 Å². The number of aliphatic hydroxyl groups is 1. The van der Waals surface area contributed by atoms with Crippen molar-refractivity contribution in [2.45, 2.75) is 78.8 Å². The van der Waals surface area contributed by atoms with Gasteiger partial charge in [-0.2, -0.15) is 8.42 Å². The molecule has 472 valence electrons. The largest absolute Gasteiger partial charge is 0.508 e. The normalized spacial score (nSPS) is 10.5. The first-order valence-electron chi connectivity index (χ1n) is 26.3. The molecule has 0 radical (unpaired) electrons. The highest BCUT2D eigenvalue weighted by Crippen LogP contribution is 2.24. The molecule has 0 atom stereocenters. The Bertz CT molecular complexity index is 3560. The van der Waals surface area contributed by atoms with Gasteiger partial charge in [-0.3, -0.25) is 23.5 Å². The van der Waals surface area contributed by atoms with Crippen LogP contribution in [-0.2, 0) is 24.7 Å². The van der Waals surface area contributed by atoms with Gasteiger partial charge in [-0.05, 0) is 237 Å². The number of carboxylic acids is 2. The van der Waals surface area contributed by atoms with Crippen LogP contribution < -0.4 is 9.47 Å². The van der Waals surface area contributed by atoms with E-state index in [9.17, 15) is 28.8 Å². The number of hydrogen-bond donors (Lipinski definition) is 7.